The molecule has 1 aromatic rings. The van der Waals surface area contributed by atoms with E-state index in [9.17, 15) is 14.3 Å². The molecule has 0 fully saturated rings. The van der Waals surface area contributed by atoms with E-state index in [-0.39, 0.29) is 35.1 Å². The highest BCUT2D eigenvalue weighted by molar-refractivity contribution is 6.32. The Balaban J connectivity index is 2.88. The monoisotopic (exact) mass is 319 g/mol. The number of hydrogen-bond acceptors (Lipinski definition) is 4. The molecule has 0 aliphatic carbocycles. The van der Waals surface area contributed by atoms with E-state index >= 15 is 0 Å². The Hall–Kier alpha value is -1.53. The number of hydrogen-bond donors (Lipinski definition) is 3. The van der Waals surface area contributed by atoms with Crippen molar-refractivity contribution in [3.63, 3.8) is 0 Å². The lowest BCUT2D eigenvalue weighted by Gasteiger charge is -2.26. The minimum atomic E-state index is -0.888. The zero-order valence-electron chi connectivity index (χ0n) is 12.2. The van der Waals surface area contributed by atoms with Crippen molar-refractivity contribution in [2.24, 2.45) is 0 Å². The van der Waals surface area contributed by atoms with Gasteiger partial charge in [0, 0.05) is 30.1 Å². The molecule has 5 nitrogen and oxygen atoms in total. The van der Waals surface area contributed by atoms with Gasteiger partial charge in [-0.05, 0) is 20.3 Å². The maximum Gasteiger partial charge on any atom is 0.303 e. The van der Waals surface area contributed by atoms with E-state index in [0.717, 1.165) is 0 Å². The van der Waals surface area contributed by atoms with E-state index in [1.165, 1.54) is 13.2 Å². The number of halogens is 2. The number of nitrogens with one attached hydrogen (secondary N) is 1. The molecule has 3 N–H and O–H groups in total. The maximum absolute atomic E-state index is 14.1. The van der Waals surface area contributed by atoms with Crippen LogP contribution in [0.4, 0.5) is 4.39 Å². The van der Waals surface area contributed by atoms with E-state index in [2.05, 4.69) is 5.32 Å². The number of aliphatic carboxylic acids is 1. The van der Waals surface area contributed by atoms with E-state index in [0.29, 0.717) is 6.42 Å². The molecule has 0 saturated carbocycles. The first-order chi connectivity index (χ1) is 9.68. The van der Waals surface area contributed by atoms with Gasteiger partial charge in [-0.3, -0.25) is 4.79 Å². The first kappa shape index (κ1) is 17.5. The van der Waals surface area contributed by atoms with E-state index < -0.39 is 17.3 Å². The zero-order chi connectivity index (χ0) is 16.2. The van der Waals surface area contributed by atoms with Crippen molar-refractivity contribution in [1.29, 1.82) is 0 Å². The van der Waals surface area contributed by atoms with Gasteiger partial charge in [0.15, 0.2) is 5.82 Å². The van der Waals surface area contributed by atoms with Crippen molar-refractivity contribution in [2.75, 3.05) is 7.11 Å². The summed E-state index contributed by atoms with van der Waals surface area (Å²) in [6.07, 6.45) is 0.397. The molecule has 0 heterocycles. The fourth-order valence-electron chi connectivity index (χ4n) is 1.81. The molecular weight excluding hydrogens is 301 g/mol. The first-order valence-corrected chi connectivity index (χ1v) is 6.76. The Kier molecular flexibility index (Phi) is 5.80. The highest BCUT2D eigenvalue weighted by Crippen LogP contribution is 2.35. The van der Waals surface area contributed by atoms with Crippen LogP contribution in [0.2, 0.25) is 5.02 Å². The van der Waals surface area contributed by atoms with Gasteiger partial charge in [0.25, 0.3) is 0 Å². The number of phenolic OH excluding ortho intramolecular Hbond substituents is 1. The summed E-state index contributed by atoms with van der Waals surface area (Å²) in [5.41, 5.74) is -0.316. The lowest BCUT2D eigenvalue weighted by atomic mass is 9.98. The molecule has 0 aliphatic rings. The lowest BCUT2D eigenvalue weighted by molar-refractivity contribution is -0.137. The van der Waals surface area contributed by atoms with Crippen LogP contribution in [-0.2, 0) is 11.3 Å². The summed E-state index contributed by atoms with van der Waals surface area (Å²) >= 11 is 5.68. The van der Waals surface area contributed by atoms with Gasteiger partial charge in [0.2, 0.25) is 0 Å². The quantitative estimate of drug-likeness (QED) is 0.720. The number of carboxylic acid groups (broad SMARTS) is 1. The normalized spacial score (nSPS) is 11.5. The molecule has 0 unspecified atom stereocenters. The van der Waals surface area contributed by atoms with Crippen molar-refractivity contribution < 1.29 is 24.1 Å². The number of benzene rings is 1. The Morgan fingerprint density at radius 3 is 2.67 bits per heavy atom. The van der Waals surface area contributed by atoms with Gasteiger partial charge in [-0.15, -0.1) is 0 Å². The maximum atomic E-state index is 14.1. The van der Waals surface area contributed by atoms with Crippen molar-refractivity contribution in [1.82, 2.24) is 5.32 Å². The molecule has 7 heteroatoms. The molecule has 0 saturated heterocycles. The molecule has 0 radical (unpaired) electrons. The van der Waals surface area contributed by atoms with Gasteiger partial charge >= 0.3 is 5.97 Å². The van der Waals surface area contributed by atoms with Gasteiger partial charge in [-0.2, -0.15) is 0 Å². The van der Waals surface area contributed by atoms with Gasteiger partial charge in [0.05, 0.1) is 7.11 Å². The number of ether oxygens (including phenoxy) is 1. The zero-order valence-corrected chi connectivity index (χ0v) is 12.9. The Labute approximate surface area is 127 Å². The second-order valence-corrected chi connectivity index (χ2v) is 5.71. The van der Waals surface area contributed by atoms with Crippen LogP contribution in [0.15, 0.2) is 6.07 Å². The summed E-state index contributed by atoms with van der Waals surface area (Å²) in [6, 6.07) is 1.24. The summed E-state index contributed by atoms with van der Waals surface area (Å²) in [6.45, 7) is 3.74. The molecule has 0 spiro atoms. The third kappa shape index (κ3) is 4.75. The molecule has 1 aromatic carbocycles. The van der Waals surface area contributed by atoms with E-state index in [4.69, 9.17) is 21.4 Å². The van der Waals surface area contributed by atoms with Crippen LogP contribution in [-0.4, -0.2) is 28.8 Å². The SMILES string of the molecule is COc1cc(O)c(Cl)c(F)c1CNC(C)(C)CCC(=O)O. The largest absolute Gasteiger partial charge is 0.506 e. The fraction of sp³-hybridized carbons (Fsp3) is 0.500. The molecule has 0 aromatic heterocycles. The number of carboxylic acids is 1. The van der Waals surface area contributed by atoms with Crippen LogP contribution in [0.25, 0.3) is 0 Å². The van der Waals surface area contributed by atoms with Crippen LogP contribution in [0.1, 0.15) is 32.3 Å². The number of aromatic hydroxyl groups is 1. The summed E-state index contributed by atoms with van der Waals surface area (Å²) in [5.74, 6) is -1.85. The molecule has 0 amide bonds. The predicted molar refractivity (Wildman–Crippen MR) is 77.4 cm³/mol. The lowest BCUT2D eigenvalue weighted by Crippen LogP contribution is -2.39. The topological polar surface area (TPSA) is 78.8 Å². The fourth-order valence-corrected chi connectivity index (χ4v) is 1.98. The molecule has 1 rings (SSSR count). The van der Waals surface area contributed by atoms with Gasteiger partial charge < -0.3 is 20.3 Å². The molecular formula is C14H19ClFNO4. The standard InChI is InChI=1S/C14H19ClFNO4/c1-14(2,5-4-11(19)20)17-7-8-10(21-3)6-9(18)12(15)13(8)16/h6,17-18H,4-5,7H2,1-3H3,(H,19,20). The smallest absolute Gasteiger partial charge is 0.303 e. The van der Waals surface area contributed by atoms with Gasteiger partial charge in [-0.25, -0.2) is 4.39 Å². The summed E-state index contributed by atoms with van der Waals surface area (Å²) in [4.78, 5) is 10.6. The molecule has 21 heavy (non-hydrogen) atoms. The number of rotatable bonds is 7. The Morgan fingerprint density at radius 2 is 2.14 bits per heavy atom. The van der Waals surface area contributed by atoms with Crippen LogP contribution >= 0.6 is 11.6 Å². The summed E-state index contributed by atoms with van der Waals surface area (Å²) in [5, 5.41) is 20.9. The number of carbonyl (C=O) groups is 1. The van der Waals surface area contributed by atoms with Gasteiger partial charge in [-0.1, -0.05) is 11.6 Å². The third-order valence-electron chi connectivity index (χ3n) is 3.18. The first-order valence-electron chi connectivity index (χ1n) is 6.38. The van der Waals surface area contributed by atoms with Crippen LogP contribution in [0.3, 0.4) is 0 Å². The highest BCUT2D eigenvalue weighted by atomic mass is 35.5. The molecule has 0 bridgehead atoms. The molecule has 118 valence electrons. The Bertz CT molecular complexity index is 534. The average molecular weight is 320 g/mol. The van der Waals surface area contributed by atoms with Crippen molar-refractivity contribution in [3.8, 4) is 11.5 Å². The van der Waals surface area contributed by atoms with Crippen LogP contribution in [0.5, 0.6) is 11.5 Å². The van der Waals surface area contributed by atoms with Crippen LogP contribution in [0, 0.1) is 5.82 Å². The van der Waals surface area contributed by atoms with Crippen LogP contribution < -0.4 is 10.1 Å². The highest BCUT2D eigenvalue weighted by Gasteiger charge is 2.22. The molecule has 0 atom stereocenters. The Morgan fingerprint density at radius 1 is 1.52 bits per heavy atom. The second-order valence-electron chi connectivity index (χ2n) is 5.34. The minimum Gasteiger partial charge on any atom is -0.506 e. The molecule has 0 aliphatic heterocycles. The minimum absolute atomic E-state index is 0.00987. The summed E-state index contributed by atoms with van der Waals surface area (Å²) < 4.78 is 19.1. The van der Waals surface area contributed by atoms with Crippen molar-refractivity contribution in [2.45, 2.75) is 38.8 Å². The summed E-state index contributed by atoms with van der Waals surface area (Å²) in [7, 11) is 1.36. The van der Waals surface area contributed by atoms with E-state index in [1.807, 2.05) is 13.8 Å². The average Bonchev–Trinajstić information content (AvgIpc) is 2.41. The second kappa shape index (κ2) is 6.95. The third-order valence-corrected chi connectivity index (χ3v) is 3.53. The predicted octanol–water partition coefficient (Wildman–Crippen LogP) is 2.93. The van der Waals surface area contributed by atoms with Gasteiger partial charge in [0.1, 0.15) is 16.5 Å². The number of methoxy groups -OCH3 is 1. The van der Waals surface area contributed by atoms with Crippen molar-refractivity contribution >= 4 is 17.6 Å². The van der Waals surface area contributed by atoms with Crippen molar-refractivity contribution in [3.05, 3.63) is 22.5 Å². The number of phenols is 1. The van der Waals surface area contributed by atoms with E-state index in [1.54, 1.807) is 0 Å².